The van der Waals surface area contributed by atoms with Crippen LogP contribution in [0.15, 0.2) is 12.3 Å². The largest absolute Gasteiger partial charge is 0.372 e. The summed E-state index contributed by atoms with van der Waals surface area (Å²) in [5.74, 6) is 0.385. The van der Waals surface area contributed by atoms with Crippen molar-refractivity contribution in [1.82, 2.24) is 10.3 Å². The SMILES string of the molecule is CNc1ncc(F)cc1C(=O)NC1CCCC(C)CC1. The smallest absolute Gasteiger partial charge is 0.255 e. The molecule has 5 heteroatoms. The minimum Gasteiger partial charge on any atom is -0.372 e. The molecule has 0 spiro atoms. The van der Waals surface area contributed by atoms with Crippen molar-refractivity contribution in [2.24, 2.45) is 5.92 Å². The molecule has 0 aromatic carbocycles. The molecule has 1 aromatic heterocycles. The summed E-state index contributed by atoms with van der Waals surface area (Å²) >= 11 is 0. The number of pyridine rings is 1. The van der Waals surface area contributed by atoms with Crippen molar-refractivity contribution in [1.29, 1.82) is 0 Å². The number of rotatable bonds is 3. The number of hydrogen-bond donors (Lipinski definition) is 2. The Morgan fingerprint density at radius 1 is 1.35 bits per heavy atom. The molecule has 1 heterocycles. The second-order valence-corrected chi connectivity index (χ2v) is 5.58. The van der Waals surface area contributed by atoms with E-state index in [0.29, 0.717) is 5.82 Å². The Kier molecular flexibility index (Phi) is 4.93. The van der Waals surface area contributed by atoms with Gasteiger partial charge in [0.05, 0.1) is 11.8 Å². The van der Waals surface area contributed by atoms with E-state index in [0.717, 1.165) is 37.8 Å². The van der Waals surface area contributed by atoms with Crippen LogP contribution in [0.2, 0.25) is 0 Å². The average Bonchev–Trinajstić information content (AvgIpc) is 2.63. The van der Waals surface area contributed by atoms with Crippen LogP contribution in [0.1, 0.15) is 49.4 Å². The first kappa shape index (κ1) is 14.8. The Bertz CT molecular complexity index is 478. The van der Waals surface area contributed by atoms with Gasteiger partial charge in [-0.15, -0.1) is 0 Å². The molecular formula is C15H22FN3O. The van der Waals surface area contributed by atoms with E-state index in [1.807, 2.05) is 0 Å². The highest BCUT2D eigenvalue weighted by Gasteiger charge is 2.20. The first-order valence-electron chi connectivity index (χ1n) is 7.24. The zero-order valence-electron chi connectivity index (χ0n) is 12.1. The average molecular weight is 279 g/mol. The number of nitrogens with one attached hydrogen (secondary N) is 2. The molecule has 1 saturated carbocycles. The maximum absolute atomic E-state index is 13.3. The molecule has 4 nitrogen and oxygen atoms in total. The topological polar surface area (TPSA) is 54.0 Å². The summed E-state index contributed by atoms with van der Waals surface area (Å²) in [5, 5.41) is 5.83. The van der Waals surface area contributed by atoms with Crippen LogP contribution in [0.5, 0.6) is 0 Å². The fourth-order valence-electron chi connectivity index (χ4n) is 2.71. The molecule has 2 atom stereocenters. The Hall–Kier alpha value is -1.65. The van der Waals surface area contributed by atoms with Crippen LogP contribution in [-0.4, -0.2) is 24.0 Å². The van der Waals surface area contributed by atoms with Crippen molar-refractivity contribution in [3.8, 4) is 0 Å². The first-order valence-corrected chi connectivity index (χ1v) is 7.24. The minimum absolute atomic E-state index is 0.181. The molecular weight excluding hydrogens is 257 g/mol. The number of hydrogen-bond acceptors (Lipinski definition) is 3. The molecule has 1 aromatic rings. The Morgan fingerprint density at radius 2 is 2.15 bits per heavy atom. The van der Waals surface area contributed by atoms with Crippen molar-refractivity contribution in [2.75, 3.05) is 12.4 Å². The van der Waals surface area contributed by atoms with Crippen molar-refractivity contribution in [3.63, 3.8) is 0 Å². The first-order chi connectivity index (χ1) is 9.60. The highest BCUT2D eigenvalue weighted by Crippen LogP contribution is 2.23. The third-order valence-corrected chi connectivity index (χ3v) is 3.93. The second kappa shape index (κ2) is 6.68. The van der Waals surface area contributed by atoms with E-state index < -0.39 is 5.82 Å². The minimum atomic E-state index is -0.497. The number of amides is 1. The fraction of sp³-hybridized carbons (Fsp3) is 0.600. The molecule has 0 aliphatic heterocycles. The predicted octanol–water partition coefficient (Wildman–Crippen LogP) is 2.96. The van der Waals surface area contributed by atoms with Crippen LogP contribution in [0.3, 0.4) is 0 Å². The van der Waals surface area contributed by atoms with Gasteiger partial charge < -0.3 is 10.6 Å². The van der Waals surface area contributed by atoms with E-state index >= 15 is 0 Å². The van der Waals surface area contributed by atoms with Gasteiger partial charge in [-0.3, -0.25) is 4.79 Å². The van der Waals surface area contributed by atoms with Crippen molar-refractivity contribution in [3.05, 3.63) is 23.6 Å². The van der Waals surface area contributed by atoms with Crippen LogP contribution in [0.4, 0.5) is 10.2 Å². The highest BCUT2D eigenvalue weighted by atomic mass is 19.1. The van der Waals surface area contributed by atoms with E-state index in [1.54, 1.807) is 7.05 Å². The highest BCUT2D eigenvalue weighted by molar-refractivity contribution is 5.98. The van der Waals surface area contributed by atoms with E-state index in [1.165, 1.54) is 12.5 Å². The van der Waals surface area contributed by atoms with E-state index in [4.69, 9.17) is 0 Å². The Balaban J connectivity index is 2.06. The van der Waals surface area contributed by atoms with E-state index in [9.17, 15) is 9.18 Å². The molecule has 110 valence electrons. The molecule has 0 radical (unpaired) electrons. The van der Waals surface area contributed by atoms with Crippen molar-refractivity contribution in [2.45, 2.75) is 45.1 Å². The maximum Gasteiger partial charge on any atom is 0.255 e. The summed E-state index contributed by atoms with van der Waals surface area (Å²) in [6.45, 7) is 2.25. The number of carbonyl (C=O) groups excluding carboxylic acids is 1. The van der Waals surface area contributed by atoms with Crippen LogP contribution < -0.4 is 10.6 Å². The molecule has 0 bridgehead atoms. The summed E-state index contributed by atoms with van der Waals surface area (Å²) in [6, 6.07) is 1.41. The van der Waals surface area contributed by atoms with E-state index in [2.05, 4.69) is 22.5 Å². The van der Waals surface area contributed by atoms with Gasteiger partial charge >= 0.3 is 0 Å². The van der Waals surface area contributed by atoms with Crippen LogP contribution in [0, 0.1) is 11.7 Å². The summed E-state index contributed by atoms with van der Waals surface area (Å²) in [5.41, 5.74) is 0.268. The third kappa shape index (κ3) is 3.68. The number of carbonyl (C=O) groups is 1. The van der Waals surface area contributed by atoms with Gasteiger partial charge in [-0.05, 0) is 31.2 Å². The molecule has 1 aliphatic carbocycles. The molecule has 2 unspecified atom stereocenters. The second-order valence-electron chi connectivity index (χ2n) is 5.58. The van der Waals surface area contributed by atoms with Gasteiger partial charge in [0.1, 0.15) is 11.6 Å². The fourth-order valence-corrected chi connectivity index (χ4v) is 2.71. The molecule has 0 saturated heterocycles. The predicted molar refractivity (Wildman–Crippen MR) is 77.2 cm³/mol. The van der Waals surface area contributed by atoms with Crippen molar-refractivity contribution < 1.29 is 9.18 Å². The van der Waals surface area contributed by atoms with Crippen molar-refractivity contribution >= 4 is 11.7 Å². The lowest BCUT2D eigenvalue weighted by atomic mass is 10.0. The lowest BCUT2D eigenvalue weighted by molar-refractivity contribution is 0.0933. The zero-order chi connectivity index (χ0) is 14.5. The zero-order valence-corrected chi connectivity index (χ0v) is 12.1. The van der Waals surface area contributed by atoms with Crippen LogP contribution in [-0.2, 0) is 0 Å². The number of halogens is 1. The quantitative estimate of drug-likeness (QED) is 0.836. The van der Waals surface area contributed by atoms with Gasteiger partial charge in [0, 0.05) is 13.1 Å². The number of anilines is 1. The lowest BCUT2D eigenvalue weighted by Gasteiger charge is -2.17. The summed E-state index contributed by atoms with van der Waals surface area (Å²) < 4.78 is 13.3. The number of nitrogens with zero attached hydrogens (tertiary/aromatic N) is 1. The van der Waals surface area contributed by atoms with Gasteiger partial charge in [-0.25, -0.2) is 9.37 Å². The summed E-state index contributed by atoms with van der Waals surface area (Å²) in [7, 11) is 1.67. The Labute approximate surface area is 119 Å². The normalized spacial score (nSPS) is 22.9. The van der Waals surface area contributed by atoms with E-state index in [-0.39, 0.29) is 17.5 Å². The standard InChI is InChI=1S/C15H22FN3O/c1-10-4-3-5-12(7-6-10)19-15(20)13-8-11(16)9-18-14(13)17-2/h8-10,12H,3-7H2,1-2H3,(H,17,18)(H,19,20). The molecule has 1 amide bonds. The number of aromatic nitrogens is 1. The molecule has 20 heavy (non-hydrogen) atoms. The monoisotopic (exact) mass is 279 g/mol. The van der Waals surface area contributed by atoms with Gasteiger partial charge in [-0.1, -0.05) is 19.8 Å². The molecule has 2 rings (SSSR count). The van der Waals surface area contributed by atoms with Gasteiger partial charge in [0.15, 0.2) is 0 Å². The lowest BCUT2D eigenvalue weighted by Crippen LogP contribution is -2.35. The van der Waals surface area contributed by atoms with Gasteiger partial charge in [0.25, 0.3) is 5.91 Å². The third-order valence-electron chi connectivity index (χ3n) is 3.93. The summed E-state index contributed by atoms with van der Waals surface area (Å²) in [4.78, 5) is 16.2. The van der Waals surface area contributed by atoms with Gasteiger partial charge in [0.2, 0.25) is 0 Å². The molecule has 2 N–H and O–H groups in total. The van der Waals surface area contributed by atoms with Crippen LogP contribution >= 0.6 is 0 Å². The summed E-state index contributed by atoms with van der Waals surface area (Å²) in [6.07, 6.45) is 6.57. The van der Waals surface area contributed by atoms with Gasteiger partial charge in [-0.2, -0.15) is 0 Å². The molecule has 1 fully saturated rings. The van der Waals surface area contributed by atoms with Crippen LogP contribution in [0.25, 0.3) is 0 Å². The molecule has 1 aliphatic rings. The Morgan fingerprint density at radius 3 is 2.90 bits per heavy atom. The maximum atomic E-state index is 13.3.